The van der Waals surface area contributed by atoms with Gasteiger partial charge in [-0.25, -0.2) is 4.79 Å². The zero-order valence-electron chi connectivity index (χ0n) is 18.1. The second-order valence-electron chi connectivity index (χ2n) is 7.43. The Labute approximate surface area is 184 Å². The Bertz CT molecular complexity index is 1080. The van der Waals surface area contributed by atoms with Crippen molar-refractivity contribution in [3.8, 4) is 0 Å². The summed E-state index contributed by atoms with van der Waals surface area (Å²) in [5.74, 6) is -1.10. The second-order valence-corrected chi connectivity index (χ2v) is 7.43. The number of aryl methyl sites for hydroxylation is 1. The third-order valence-electron chi connectivity index (χ3n) is 5.40. The van der Waals surface area contributed by atoms with Crippen molar-refractivity contribution in [2.45, 2.75) is 13.8 Å². The molecule has 1 fully saturated rings. The van der Waals surface area contributed by atoms with Crippen molar-refractivity contribution in [1.82, 2.24) is 4.90 Å². The monoisotopic (exact) mass is 440 g/mol. The van der Waals surface area contributed by atoms with Gasteiger partial charge in [0.1, 0.15) is 0 Å². The molecule has 0 atom stereocenters. The fraction of sp³-hybridized carbons (Fsp3) is 0.318. The topological polar surface area (TPSA) is 122 Å². The maximum atomic E-state index is 12.9. The van der Waals surface area contributed by atoms with Gasteiger partial charge in [-0.3, -0.25) is 19.7 Å². The van der Waals surface area contributed by atoms with Crippen molar-refractivity contribution in [2.75, 3.05) is 43.5 Å². The van der Waals surface area contributed by atoms with Crippen molar-refractivity contribution in [2.24, 2.45) is 0 Å². The van der Waals surface area contributed by atoms with Crippen LogP contribution in [-0.2, 0) is 9.53 Å². The highest BCUT2D eigenvalue weighted by molar-refractivity contribution is 6.07. The molecular formula is C22H24N4O6. The summed E-state index contributed by atoms with van der Waals surface area (Å²) >= 11 is 0. The highest BCUT2D eigenvalue weighted by Gasteiger charge is 2.23. The molecule has 0 aliphatic carbocycles. The highest BCUT2D eigenvalue weighted by Crippen LogP contribution is 2.30. The number of esters is 1. The fourth-order valence-electron chi connectivity index (χ4n) is 3.56. The molecule has 1 aliphatic rings. The lowest BCUT2D eigenvalue weighted by Crippen LogP contribution is -2.48. The van der Waals surface area contributed by atoms with Crippen LogP contribution in [0.15, 0.2) is 36.4 Å². The Hall–Kier alpha value is -3.95. The number of amides is 2. The number of carbonyl (C=O) groups excluding carboxylic acids is 3. The Kier molecular flexibility index (Phi) is 6.72. The largest absolute Gasteiger partial charge is 0.465 e. The Morgan fingerprint density at radius 2 is 1.69 bits per heavy atom. The molecule has 0 aromatic heterocycles. The van der Waals surface area contributed by atoms with Crippen LogP contribution in [0.5, 0.6) is 0 Å². The minimum atomic E-state index is -0.556. The summed E-state index contributed by atoms with van der Waals surface area (Å²) < 4.78 is 4.78. The molecular weight excluding hydrogens is 416 g/mol. The van der Waals surface area contributed by atoms with Gasteiger partial charge in [0.05, 0.1) is 29.0 Å². The summed E-state index contributed by atoms with van der Waals surface area (Å²) in [6, 6.07) is 9.07. The average molecular weight is 440 g/mol. The van der Waals surface area contributed by atoms with Crippen molar-refractivity contribution >= 4 is 34.8 Å². The van der Waals surface area contributed by atoms with Crippen LogP contribution in [0.3, 0.4) is 0 Å². The maximum Gasteiger partial charge on any atom is 0.337 e. The van der Waals surface area contributed by atoms with E-state index in [1.54, 1.807) is 24.0 Å². The molecule has 2 amide bonds. The molecule has 1 aliphatic heterocycles. The second kappa shape index (κ2) is 9.46. The Morgan fingerprint density at radius 3 is 2.28 bits per heavy atom. The molecule has 2 aromatic rings. The van der Waals surface area contributed by atoms with Crippen LogP contribution in [0, 0.1) is 17.0 Å². The van der Waals surface area contributed by atoms with E-state index in [-0.39, 0.29) is 22.7 Å². The molecule has 10 nitrogen and oxygen atoms in total. The summed E-state index contributed by atoms with van der Waals surface area (Å²) in [6.45, 7) is 5.29. The van der Waals surface area contributed by atoms with Crippen molar-refractivity contribution in [3.05, 3.63) is 63.2 Å². The number of methoxy groups -OCH3 is 1. The molecule has 0 spiro atoms. The van der Waals surface area contributed by atoms with Crippen LogP contribution >= 0.6 is 0 Å². The molecule has 32 heavy (non-hydrogen) atoms. The number of hydrogen-bond donors (Lipinski definition) is 1. The van der Waals surface area contributed by atoms with E-state index in [0.29, 0.717) is 43.1 Å². The van der Waals surface area contributed by atoms with E-state index < -0.39 is 16.8 Å². The number of rotatable bonds is 5. The van der Waals surface area contributed by atoms with Crippen molar-refractivity contribution in [1.29, 1.82) is 0 Å². The SMILES string of the molecule is COC(=O)c1ccc(N2CCN(C(C)=O)CC2)c(NC(=O)c2ccc(C)c([N+](=O)[O-])c2)c1. The van der Waals surface area contributed by atoms with Crippen molar-refractivity contribution in [3.63, 3.8) is 0 Å². The molecule has 1 saturated heterocycles. The lowest BCUT2D eigenvalue weighted by molar-refractivity contribution is -0.385. The first-order valence-corrected chi connectivity index (χ1v) is 10.0. The molecule has 0 bridgehead atoms. The Morgan fingerprint density at radius 1 is 1.03 bits per heavy atom. The Balaban J connectivity index is 1.92. The molecule has 0 radical (unpaired) electrons. The number of nitro benzene ring substituents is 1. The minimum absolute atomic E-state index is 0.000167. The number of nitrogens with zero attached hydrogens (tertiary/aromatic N) is 3. The molecule has 1 heterocycles. The lowest BCUT2D eigenvalue weighted by atomic mass is 10.1. The van der Waals surface area contributed by atoms with Gasteiger partial charge in [-0.2, -0.15) is 0 Å². The summed E-state index contributed by atoms with van der Waals surface area (Å²) in [4.78, 5) is 51.0. The number of ether oxygens (including phenoxy) is 1. The molecule has 2 aromatic carbocycles. The molecule has 168 valence electrons. The van der Waals surface area contributed by atoms with Gasteiger partial charge in [0.15, 0.2) is 0 Å². The van der Waals surface area contributed by atoms with Crippen molar-refractivity contribution < 1.29 is 24.0 Å². The predicted octanol–water partition coefficient (Wildman–Crippen LogP) is 2.61. The average Bonchev–Trinajstić information content (AvgIpc) is 2.78. The standard InChI is InChI=1S/C22H24N4O6/c1-14-4-5-16(13-20(14)26(30)31)21(28)23-18-12-17(22(29)32-3)6-7-19(18)25-10-8-24(9-11-25)15(2)27/h4-7,12-13H,8-11H2,1-3H3,(H,23,28). The number of nitrogens with one attached hydrogen (secondary N) is 1. The van der Waals surface area contributed by atoms with Gasteiger partial charge in [0.25, 0.3) is 11.6 Å². The molecule has 10 heteroatoms. The van der Waals surface area contributed by atoms with E-state index in [0.717, 1.165) is 0 Å². The van der Waals surface area contributed by atoms with Gasteiger partial charge in [-0.1, -0.05) is 6.07 Å². The normalized spacial score (nSPS) is 13.5. The number of anilines is 2. The van der Waals surface area contributed by atoms with Gasteiger partial charge in [0.2, 0.25) is 5.91 Å². The van der Waals surface area contributed by atoms with Gasteiger partial charge in [0, 0.05) is 50.3 Å². The van der Waals surface area contributed by atoms with Crippen LogP contribution in [0.1, 0.15) is 33.2 Å². The third kappa shape index (κ3) is 4.85. The van der Waals surface area contributed by atoms with E-state index in [1.807, 2.05) is 4.90 Å². The van der Waals surface area contributed by atoms with Crippen LogP contribution in [-0.4, -0.2) is 60.9 Å². The fourth-order valence-corrected chi connectivity index (χ4v) is 3.56. The van der Waals surface area contributed by atoms with E-state index in [4.69, 9.17) is 4.74 Å². The smallest absolute Gasteiger partial charge is 0.337 e. The quantitative estimate of drug-likeness (QED) is 0.431. The van der Waals surface area contributed by atoms with Crippen LogP contribution in [0.2, 0.25) is 0 Å². The zero-order valence-corrected chi connectivity index (χ0v) is 18.1. The van der Waals surface area contributed by atoms with Crippen LogP contribution in [0.25, 0.3) is 0 Å². The molecule has 1 N–H and O–H groups in total. The lowest BCUT2D eigenvalue weighted by Gasteiger charge is -2.36. The summed E-state index contributed by atoms with van der Waals surface area (Å²) in [6.07, 6.45) is 0. The molecule has 3 rings (SSSR count). The van der Waals surface area contributed by atoms with Gasteiger partial charge < -0.3 is 19.9 Å². The zero-order chi connectivity index (χ0) is 23.4. The molecule has 0 saturated carbocycles. The van der Waals surface area contributed by atoms with E-state index >= 15 is 0 Å². The van der Waals surface area contributed by atoms with Crippen LogP contribution < -0.4 is 10.2 Å². The first-order chi connectivity index (χ1) is 15.2. The maximum absolute atomic E-state index is 12.9. The first kappa shape index (κ1) is 22.7. The number of benzene rings is 2. The number of carbonyl (C=O) groups is 3. The summed E-state index contributed by atoms with van der Waals surface area (Å²) in [5, 5.41) is 14.0. The van der Waals surface area contributed by atoms with Gasteiger partial charge in [-0.05, 0) is 31.2 Å². The van der Waals surface area contributed by atoms with Crippen LogP contribution in [0.4, 0.5) is 17.1 Å². The number of hydrogen-bond acceptors (Lipinski definition) is 7. The van der Waals surface area contributed by atoms with E-state index in [2.05, 4.69) is 5.32 Å². The predicted molar refractivity (Wildman–Crippen MR) is 118 cm³/mol. The van der Waals surface area contributed by atoms with E-state index in [1.165, 1.54) is 38.3 Å². The molecule has 0 unspecified atom stereocenters. The first-order valence-electron chi connectivity index (χ1n) is 10.0. The number of nitro groups is 1. The van der Waals surface area contributed by atoms with E-state index in [9.17, 15) is 24.5 Å². The van der Waals surface area contributed by atoms with Gasteiger partial charge >= 0.3 is 5.97 Å². The summed E-state index contributed by atoms with van der Waals surface area (Å²) in [5.41, 5.74) is 1.72. The van der Waals surface area contributed by atoms with Gasteiger partial charge in [-0.15, -0.1) is 0 Å². The third-order valence-corrected chi connectivity index (χ3v) is 5.40. The highest BCUT2D eigenvalue weighted by atomic mass is 16.6. The number of piperazine rings is 1. The minimum Gasteiger partial charge on any atom is -0.465 e. The summed E-state index contributed by atoms with van der Waals surface area (Å²) in [7, 11) is 1.26.